The Hall–Kier alpha value is -1.18. The van der Waals surface area contributed by atoms with Gasteiger partial charge in [-0.05, 0) is 19.8 Å². The second kappa shape index (κ2) is 6.31. The molecule has 1 aliphatic heterocycles. The van der Waals surface area contributed by atoms with Crippen LogP contribution in [0.3, 0.4) is 0 Å². The Morgan fingerprint density at radius 2 is 2.16 bits per heavy atom. The average Bonchev–Trinajstić information content (AvgIpc) is 2.83. The van der Waals surface area contributed by atoms with Crippen molar-refractivity contribution in [3.05, 3.63) is 5.89 Å². The molecular weight excluding hydrogens is 248 g/mol. The zero-order valence-corrected chi connectivity index (χ0v) is 11.6. The van der Waals surface area contributed by atoms with Crippen LogP contribution in [0.5, 0.6) is 0 Å². The SMILES string of the molecule is COCCNCc1nnc(N2CCC(C)(O)CC2)o1. The highest BCUT2D eigenvalue weighted by Crippen LogP contribution is 2.24. The minimum atomic E-state index is -0.568. The first-order valence-corrected chi connectivity index (χ1v) is 6.60. The van der Waals surface area contributed by atoms with Crippen LogP contribution in [-0.2, 0) is 11.3 Å². The maximum atomic E-state index is 9.90. The molecule has 0 bridgehead atoms. The maximum Gasteiger partial charge on any atom is 0.318 e. The van der Waals surface area contributed by atoms with E-state index in [0.717, 1.165) is 32.5 Å². The molecule has 1 aromatic rings. The van der Waals surface area contributed by atoms with E-state index in [9.17, 15) is 5.11 Å². The lowest BCUT2D eigenvalue weighted by Crippen LogP contribution is -2.42. The third-order valence-corrected chi connectivity index (χ3v) is 3.33. The highest BCUT2D eigenvalue weighted by Gasteiger charge is 2.29. The molecule has 0 aliphatic carbocycles. The highest BCUT2D eigenvalue weighted by atomic mass is 16.5. The van der Waals surface area contributed by atoms with Gasteiger partial charge < -0.3 is 24.5 Å². The third-order valence-electron chi connectivity index (χ3n) is 3.33. The van der Waals surface area contributed by atoms with E-state index in [0.29, 0.717) is 25.1 Å². The average molecular weight is 270 g/mol. The number of anilines is 1. The van der Waals surface area contributed by atoms with E-state index in [2.05, 4.69) is 15.5 Å². The second-order valence-corrected chi connectivity index (χ2v) is 5.13. The van der Waals surface area contributed by atoms with Gasteiger partial charge in [-0.15, -0.1) is 5.10 Å². The molecule has 1 aliphatic rings. The standard InChI is InChI=1S/C12H22N4O3/c1-12(17)3-6-16(7-4-12)11-15-14-10(19-11)9-13-5-8-18-2/h13,17H,3-9H2,1-2H3. The van der Waals surface area contributed by atoms with E-state index >= 15 is 0 Å². The van der Waals surface area contributed by atoms with Gasteiger partial charge in [0.15, 0.2) is 0 Å². The molecule has 19 heavy (non-hydrogen) atoms. The van der Waals surface area contributed by atoms with Crippen LogP contribution in [0.4, 0.5) is 6.01 Å². The van der Waals surface area contributed by atoms with Gasteiger partial charge in [-0.25, -0.2) is 0 Å². The predicted octanol–water partition coefficient (Wildman–Crippen LogP) is 0.157. The topological polar surface area (TPSA) is 83.7 Å². The van der Waals surface area contributed by atoms with Gasteiger partial charge in [0.1, 0.15) is 0 Å². The normalized spacial score (nSPS) is 18.8. The molecule has 0 aromatic carbocycles. The van der Waals surface area contributed by atoms with Crippen LogP contribution in [0, 0.1) is 0 Å². The molecule has 7 nitrogen and oxygen atoms in total. The lowest BCUT2D eigenvalue weighted by Gasteiger charge is -2.34. The van der Waals surface area contributed by atoms with Crippen molar-refractivity contribution >= 4 is 6.01 Å². The summed E-state index contributed by atoms with van der Waals surface area (Å²) in [5, 5.41) is 21.1. The van der Waals surface area contributed by atoms with E-state index < -0.39 is 5.60 Å². The summed E-state index contributed by atoms with van der Waals surface area (Å²) in [5.41, 5.74) is -0.568. The first-order valence-electron chi connectivity index (χ1n) is 6.60. The van der Waals surface area contributed by atoms with E-state index in [1.165, 1.54) is 0 Å². The number of hydrogen-bond donors (Lipinski definition) is 2. The summed E-state index contributed by atoms with van der Waals surface area (Å²) < 4.78 is 10.5. The summed E-state index contributed by atoms with van der Waals surface area (Å²) in [4.78, 5) is 2.02. The van der Waals surface area contributed by atoms with Gasteiger partial charge in [0.05, 0.1) is 18.8 Å². The van der Waals surface area contributed by atoms with Crippen molar-refractivity contribution in [2.24, 2.45) is 0 Å². The molecule has 1 fully saturated rings. The number of hydrogen-bond acceptors (Lipinski definition) is 7. The van der Waals surface area contributed by atoms with Crippen LogP contribution in [0.2, 0.25) is 0 Å². The van der Waals surface area contributed by atoms with Crippen LogP contribution in [-0.4, -0.2) is 54.3 Å². The van der Waals surface area contributed by atoms with Gasteiger partial charge in [0.2, 0.25) is 5.89 Å². The molecule has 1 aromatic heterocycles. The molecule has 2 N–H and O–H groups in total. The summed E-state index contributed by atoms with van der Waals surface area (Å²) >= 11 is 0. The molecule has 0 saturated carbocycles. The maximum absolute atomic E-state index is 9.90. The summed E-state index contributed by atoms with van der Waals surface area (Å²) in [6.07, 6.45) is 1.44. The minimum absolute atomic E-state index is 0.541. The van der Waals surface area contributed by atoms with Crippen LogP contribution < -0.4 is 10.2 Å². The first kappa shape index (κ1) is 14.2. The fourth-order valence-electron chi connectivity index (χ4n) is 1.99. The van der Waals surface area contributed by atoms with Crippen LogP contribution in [0.1, 0.15) is 25.7 Å². The van der Waals surface area contributed by atoms with Gasteiger partial charge in [-0.2, -0.15) is 0 Å². The number of piperidine rings is 1. The lowest BCUT2D eigenvalue weighted by molar-refractivity contribution is 0.0343. The first-order chi connectivity index (χ1) is 9.11. The predicted molar refractivity (Wildman–Crippen MR) is 70.0 cm³/mol. The lowest BCUT2D eigenvalue weighted by atomic mass is 9.94. The van der Waals surface area contributed by atoms with Crippen molar-refractivity contribution in [1.82, 2.24) is 15.5 Å². The Labute approximate surface area is 112 Å². The van der Waals surface area contributed by atoms with Gasteiger partial charge in [-0.1, -0.05) is 5.10 Å². The monoisotopic (exact) mass is 270 g/mol. The van der Waals surface area contributed by atoms with Gasteiger partial charge in [-0.3, -0.25) is 0 Å². The molecule has 0 spiro atoms. The number of ether oxygens (including phenoxy) is 1. The van der Waals surface area contributed by atoms with E-state index in [-0.39, 0.29) is 0 Å². The summed E-state index contributed by atoms with van der Waals surface area (Å²) in [6.45, 7) is 5.30. The Balaban J connectivity index is 1.80. The summed E-state index contributed by atoms with van der Waals surface area (Å²) in [5.74, 6) is 0.573. The molecule has 0 atom stereocenters. The molecule has 0 radical (unpaired) electrons. The summed E-state index contributed by atoms with van der Waals surface area (Å²) in [6, 6.07) is 0.541. The number of rotatable bonds is 6. The van der Waals surface area contributed by atoms with Crippen LogP contribution >= 0.6 is 0 Å². The zero-order chi connectivity index (χ0) is 13.7. The molecule has 1 saturated heterocycles. The quantitative estimate of drug-likeness (QED) is 0.712. The Morgan fingerprint density at radius 3 is 2.84 bits per heavy atom. The number of aliphatic hydroxyl groups is 1. The Morgan fingerprint density at radius 1 is 1.42 bits per heavy atom. The van der Waals surface area contributed by atoms with Gasteiger partial charge >= 0.3 is 6.01 Å². The fourth-order valence-corrected chi connectivity index (χ4v) is 1.99. The van der Waals surface area contributed by atoms with Gasteiger partial charge in [0.25, 0.3) is 0 Å². The molecule has 0 amide bonds. The van der Waals surface area contributed by atoms with E-state index in [1.807, 2.05) is 11.8 Å². The second-order valence-electron chi connectivity index (χ2n) is 5.13. The van der Waals surface area contributed by atoms with Gasteiger partial charge in [0, 0.05) is 26.7 Å². The third kappa shape index (κ3) is 4.15. The molecule has 108 valence electrons. The zero-order valence-electron chi connectivity index (χ0n) is 11.6. The van der Waals surface area contributed by atoms with E-state index in [4.69, 9.17) is 9.15 Å². The van der Waals surface area contributed by atoms with Crippen molar-refractivity contribution in [3.63, 3.8) is 0 Å². The van der Waals surface area contributed by atoms with Crippen LogP contribution in [0.25, 0.3) is 0 Å². The molecule has 2 rings (SSSR count). The Bertz CT molecular complexity index is 384. The van der Waals surface area contributed by atoms with E-state index in [1.54, 1.807) is 7.11 Å². The Kier molecular flexibility index (Phi) is 4.73. The number of nitrogens with one attached hydrogen (secondary N) is 1. The molecular formula is C12H22N4O3. The van der Waals surface area contributed by atoms with Crippen molar-refractivity contribution in [1.29, 1.82) is 0 Å². The highest BCUT2D eigenvalue weighted by molar-refractivity contribution is 5.25. The minimum Gasteiger partial charge on any atom is -0.407 e. The molecule has 0 unspecified atom stereocenters. The fraction of sp³-hybridized carbons (Fsp3) is 0.833. The number of methoxy groups -OCH3 is 1. The largest absolute Gasteiger partial charge is 0.407 e. The number of aromatic nitrogens is 2. The van der Waals surface area contributed by atoms with Crippen molar-refractivity contribution in [2.45, 2.75) is 31.9 Å². The smallest absolute Gasteiger partial charge is 0.318 e. The van der Waals surface area contributed by atoms with Crippen LogP contribution in [0.15, 0.2) is 4.42 Å². The number of nitrogens with zero attached hydrogens (tertiary/aromatic N) is 3. The van der Waals surface area contributed by atoms with Crippen molar-refractivity contribution < 1.29 is 14.3 Å². The molecule has 2 heterocycles. The van der Waals surface area contributed by atoms with Crippen molar-refractivity contribution in [2.75, 3.05) is 38.3 Å². The van der Waals surface area contributed by atoms with Crippen molar-refractivity contribution in [3.8, 4) is 0 Å². The molecule has 7 heteroatoms. The summed E-state index contributed by atoms with van der Waals surface area (Å²) in [7, 11) is 1.66.